The van der Waals surface area contributed by atoms with Gasteiger partial charge < -0.3 is 14.8 Å². The van der Waals surface area contributed by atoms with Crippen molar-refractivity contribution in [3.05, 3.63) is 53.6 Å². The van der Waals surface area contributed by atoms with Crippen LogP contribution in [0.2, 0.25) is 0 Å². The van der Waals surface area contributed by atoms with Gasteiger partial charge in [-0.2, -0.15) is 13.2 Å². The van der Waals surface area contributed by atoms with Gasteiger partial charge in [0.25, 0.3) is 0 Å². The first-order valence-corrected chi connectivity index (χ1v) is 8.86. The number of halogens is 3. The molecule has 0 aliphatic rings. The van der Waals surface area contributed by atoms with E-state index in [2.05, 4.69) is 5.32 Å². The Morgan fingerprint density at radius 3 is 2.41 bits per heavy atom. The van der Waals surface area contributed by atoms with Gasteiger partial charge in [-0.1, -0.05) is 18.2 Å². The smallest absolute Gasteiger partial charge is 0.417 e. The van der Waals surface area contributed by atoms with E-state index in [1.807, 2.05) is 0 Å². The van der Waals surface area contributed by atoms with Crippen LogP contribution in [-0.4, -0.2) is 31.1 Å². The molecule has 156 valence electrons. The van der Waals surface area contributed by atoms with E-state index in [1.54, 1.807) is 20.8 Å². The number of amides is 1. The Morgan fingerprint density at radius 1 is 1.10 bits per heavy atom. The number of ether oxygens (including phenoxy) is 2. The minimum atomic E-state index is -4.54. The minimum Gasteiger partial charge on any atom is -0.492 e. The Balaban J connectivity index is 2.15. The summed E-state index contributed by atoms with van der Waals surface area (Å²) in [4.78, 5) is 22.8. The zero-order valence-corrected chi connectivity index (χ0v) is 16.3. The normalized spacial score (nSPS) is 11.7. The van der Waals surface area contributed by atoms with Crippen LogP contribution >= 0.6 is 0 Å². The van der Waals surface area contributed by atoms with Gasteiger partial charge in [-0.05, 0) is 56.2 Å². The first kappa shape index (κ1) is 22.3. The van der Waals surface area contributed by atoms with Crippen LogP contribution in [0, 0.1) is 0 Å². The lowest BCUT2D eigenvalue weighted by Crippen LogP contribution is -2.34. The molecular formula is C21H22F3NO4. The molecule has 0 aromatic heterocycles. The van der Waals surface area contributed by atoms with Crippen molar-refractivity contribution in [1.29, 1.82) is 0 Å². The van der Waals surface area contributed by atoms with E-state index in [4.69, 9.17) is 9.47 Å². The topological polar surface area (TPSA) is 64.6 Å². The second kappa shape index (κ2) is 8.98. The summed E-state index contributed by atoms with van der Waals surface area (Å²) < 4.78 is 50.5. The zero-order valence-electron chi connectivity index (χ0n) is 16.3. The number of rotatable bonds is 6. The van der Waals surface area contributed by atoms with E-state index >= 15 is 0 Å². The number of carbonyl (C=O) groups excluding carboxylic acids is 2. The molecule has 1 amide bonds. The Hall–Kier alpha value is -3.03. The summed E-state index contributed by atoms with van der Waals surface area (Å²) in [6.07, 6.45) is -4.61. The molecule has 2 aromatic carbocycles. The summed E-state index contributed by atoms with van der Waals surface area (Å²) in [5.74, 6) is 0.215. The third-order valence-corrected chi connectivity index (χ3v) is 3.65. The third kappa shape index (κ3) is 6.81. The van der Waals surface area contributed by atoms with Crippen LogP contribution in [0.4, 0.5) is 18.0 Å². The number of hydrogen-bond donors (Lipinski definition) is 1. The van der Waals surface area contributed by atoms with E-state index < -0.39 is 23.4 Å². The molecule has 0 aliphatic heterocycles. The Morgan fingerprint density at radius 2 is 1.79 bits per heavy atom. The lowest BCUT2D eigenvalue weighted by atomic mass is 9.97. The highest BCUT2D eigenvalue weighted by Gasteiger charge is 2.33. The van der Waals surface area contributed by atoms with E-state index in [0.717, 1.165) is 6.07 Å². The molecule has 0 spiro atoms. The first-order valence-electron chi connectivity index (χ1n) is 8.86. The van der Waals surface area contributed by atoms with Gasteiger partial charge >= 0.3 is 12.3 Å². The van der Waals surface area contributed by atoms with Crippen molar-refractivity contribution in [2.75, 3.05) is 13.2 Å². The first-order chi connectivity index (χ1) is 13.5. The number of benzene rings is 2. The molecule has 8 heteroatoms. The van der Waals surface area contributed by atoms with Crippen molar-refractivity contribution in [3.63, 3.8) is 0 Å². The summed E-state index contributed by atoms with van der Waals surface area (Å²) in [6, 6.07) is 9.31. The van der Waals surface area contributed by atoms with Crippen molar-refractivity contribution in [2.24, 2.45) is 0 Å². The number of aldehydes is 1. The van der Waals surface area contributed by atoms with Crippen molar-refractivity contribution in [3.8, 4) is 16.9 Å². The van der Waals surface area contributed by atoms with Gasteiger partial charge in [-0.25, -0.2) is 4.79 Å². The molecule has 0 radical (unpaired) electrons. The predicted octanol–water partition coefficient (Wildman–Crippen LogP) is 5.09. The van der Waals surface area contributed by atoms with Gasteiger partial charge in [0.15, 0.2) is 0 Å². The third-order valence-electron chi connectivity index (χ3n) is 3.65. The maximum atomic E-state index is 13.3. The lowest BCUT2D eigenvalue weighted by Gasteiger charge is -2.19. The molecular weight excluding hydrogens is 387 g/mol. The quantitative estimate of drug-likeness (QED) is 0.533. The molecule has 5 nitrogen and oxygen atoms in total. The fourth-order valence-corrected chi connectivity index (χ4v) is 2.55. The average molecular weight is 409 g/mol. The highest BCUT2D eigenvalue weighted by atomic mass is 19.4. The van der Waals surface area contributed by atoms with Gasteiger partial charge in [-0.3, -0.25) is 4.79 Å². The van der Waals surface area contributed by atoms with Crippen LogP contribution in [0.3, 0.4) is 0 Å². The van der Waals surface area contributed by atoms with Crippen LogP contribution in [0.25, 0.3) is 11.1 Å². The number of hydrogen-bond acceptors (Lipinski definition) is 4. The number of alkyl halides is 3. The molecule has 0 aliphatic carbocycles. The van der Waals surface area contributed by atoms with Crippen LogP contribution in [0.5, 0.6) is 5.75 Å². The number of nitrogens with one attached hydrogen (secondary N) is 1. The predicted molar refractivity (Wildman–Crippen MR) is 102 cm³/mol. The molecule has 0 fully saturated rings. The summed E-state index contributed by atoms with van der Waals surface area (Å²) in [5, 5.41) is 2.51. The zero-order chi connectivity index (χ0) is 21.7. The van der Waals surface area contributed by atoms with E-state index in [0.29, 0.717) is 6.29 Å². The van der Waals surface area contributed by atoms with Crippen molar-refractivity contribution < 1.29 is 32.2 Å². The largest absolute Gasteiger partial charge is 0.492 e. The second-order valence-electron chi connectivity index (χ2n) is 7.23. The van der Waals surface area contributed by atoms with Crippen LogP contribution in [0.1, 0.15) is 36.7 Å². The molecule has 1 N–H and O–H groups in total. The van der Waals surface area contributed by atoms with Crippen molar-refractivity contribution in [1.82, 2.24) is 5.32 Å². The number of alkyl carbamates (subject to hydrolysis) is 1. The molecule has 2 rings (SSSR count). The van der Waals surface area contributed by atoms with Gasteiger partial charge in [0, 0.05) is 5.56 Å². The summed E-state index contributed by atoms with van der Waals surface area (Å²) in [5.41, 5.74) is -1.11. The lowest BCUT2D eigenvalue weighted by molar-refractivity contribution is -0.137. The van der Waals surface area contributed by atoms with Crippen LogP contribution in [0.15, 0.2) is 42.5 Å². The van der Waals surface area contributed by atoms with Gasteiger partial charge in [0.05, 0.1) is 12.1 Å². The molecule has 0 saturated heterocycles. The Labute approximate surface area is 166 Å². The molecule has 0 atom stereocenters. The maximum Gasteiger partial charge on any atom is 0.417 e. The van der Waals surface area contributed by atoms with Crippen LogP contribution < -0.4 is 10.1 Å². The molecule has 0 unspecified atom stereocenters. The Kier molecular flexibility index (Phi) is 6.89. The molecule has 0 bridgehead atoms. The monoisotopic (exact) mass is 409 g/mol. The van der Waals surface area contributed by atoms with Crippen molar-refractivity contribution in [2.45, 2.75) is 32.5 Å². The highest BCUT2D eigenvalue weighted by molar-refractivity contribution is 5.81. The fraction of sp³-hybridized carbons (Fsp3) is 0.333. The number of carbonyl (C=O) groups is 2. The van der Waals surface area contributed by atoms with Gasteiger partial charge in [0.1, 0.15) is 24.2 Å². The molecule has 29 heavy (non-hydrogen) atoms. The van der Waals surface area contributed by atoms with Gasteiger partial charge in [0.2, 0.25) is 0 Å². The van der Waals surface area contributed by atoms with Gasteiger partial charge in [-0.15, -0.1) is 0 Å². The summed E-state index contributed by atoms with van der Waals surface area (Å²) >= 11 is 0. The van der Waals surface area contributed by atoms with Crippen molar-refractivity contribution >= 4 is 12.4 Å². The maximum absolute atomic E-state index is 13.3. The summed E-state index contributed by atoms with van der Waals surface area (Å²) in [6.45, 7) is 5.35. The minimum absolute atomic E-state index is 0.0436. The molecule has 0 saturated carbocycles. The Bertz CT molecular complexity index is 873. The fourth-order valence-electron chi connectivity index (χ4n) is 2.55. The SMILES string of the molecule is CC(C)(C)OC(=O)NCCOc1cc(C=O)cc(-c2ccccc2C(F)(F)F)c1. The van der Waals surface area contributed by atoms with E-state index in [1.165, 1.54) is 36.4 Å². The molecule has 2 aromatic rings. The average Bonchev–Trinajstić information content (AvgIpc) is 2.63. The standard InChI is InChI=1S/C21H22F3NO4/c1-20(2,3)29-19(27)25-8-9-28-16-11-14(13-26)10-15(12-16)17-6-4-5-7-18(17)21(22,23)24/h4-7,10-13H,8-9H2,1-3H3,(H,25,27). The molecule has 0 heterocycles. The van der Waals surface area contributed by atoms with E-state index in [9.17, 15) is 22.8 Å². The second-order valence-corrected chi connectivity index (χ2v) is 7.23. The van der Waals surface area contributed by atoms with Crippen LogP contribution in [-0.2, 0) is 10.9 Å². The highest BCUT2D eigenvalue weighted by Crippen LogP contribution is 2.38. The summed E-state index contributed by atoms with van der Waals surface area (Å²) in [7, 11) is 0. The van der Waals surface area contributed by atoms with E-state index in [-0.39, 0.29) is 35.6 Å².